The summed E-state index contributed by atoms with van der Waals surface area (Å²) in [5, 5.41) is 0. The average molecular weight is 376 g/mol. The number of hydrogen-bond donors (Lipinski definition) is 0. The molecule has 28 heavy (non-hydrogen) atoms. The van der Waals surface area contributed by atoms with E-state index in [9.17, 15) is 9.59 Å². The van der Waals surface area contributed by atoms with Crippen molar-refractivity contribution in [3.05, 3.63) is 84.4 Å². The molecular formula is C23H20O5. The highest BCUT2D eigenvalue weighted by molar-refractivity contribution is 5.90. The Kier molecular flexibility index (Phi) is 6.41. The highest BCUT2D eigenvalue weighted by Gasteiger charge is 2.11. The van der Waals surface area contributed by atoms with E-state index >= 15 is 0 Å². The SMILES string of the molecule is CCOC(=O)c1cccc(OC(=O)COc2ccc(-c3ccccc3)cc2)c1. The predicted octanol–water partition coefficient (Wildman–Crippen LogP) is 4.51. The van der Waals surface area contributed by atoms with E-state index in [4.69, 9.17) is 14.2 Å². The molecule has 142 valence electrons. The molecule has 0 unspecified atom stereocenters. The lowest BCUT2D eigenvalue weighted by molar-refractivity contribution is -0.136. The molecule has 0 aliphatic rings. The highest BCUT2D eigenvalue weighted by atomic mass is 16.6. The number of rotatable bonds is 7. The number of benzene rings is 3. The van der Waals surface area contributed by atoms with Crippen molar-refractivity contribution in [3.8, 4) is 22.6 Å². The van der Waals surface area contributed by atoms with Crippen molar-refractivity contribution in [1.29, 1.82) is 0 Å². The van der Waals surface area contributed by atoms with Gasteiger partial charge in [-0.3, -0.25) is 0 Å². The van der Waals surface area contributed by atoms with Crippen LogP contribution in [0.25, 0.3) is 11.1 Å². The Morgan fingerprint density at radius 1 is 0.786 bits per heavy atom. The van der Waals surface area contributed by atoms with E-state index in [-0.39, 0.29) is 19.0 Å². The van der Waals surface area contributed by atoms with Crippen molar-refractivity contribution >= 4 is 11.9 Å². The zero-order chi connectivity index (χ0) is 19.8. The largest absolute Gasteiger partial charge is 0.482 e. The second-order valence-corrected chi connectivity index (χ2v) is 5.90. The van der Waals surface area contributed by atoms with E-state index in [1.807, 2.05) is 42.5 Å². The molecular weight excluding hydrogens is 356 g/mol. The van der Waals surface area contributed by atoms with E-state index in [1.165, 1.54) is 6.07 Å². The van der Waals surface area contributed by atoms with Crippen LogP contribution < -0.4 is 9.47 Å². The zero-order valence-corrected chi connectivity index (χ0v) is 15.5. The van der Waals surface area contributed by atoms with Crippen molar-refractivity contribution in [1.82, 2.24) is 0 Å². The molecule has 0 heterocycles. The van der Waals surface area contributed by atoms with Crippen LogP contribution >= 0.6 is 0 Å². The maximum Gasteiger partial charge on any atom is 0.349 e. The average Bonchev–Trinajstić information content (AvgIpc) is 2.74. The molecule has 0 fully saturated rings. The Hall–Kier alpha value is -3.60. The van der Waals surface area contributed by atoms with Crippen LogP contribution in [0, 0.1) is 0 Å². The number of esters is 2. The second-order valence-electron chi connectivity index (χ2n) is 5.90. The lowest BCUT2D eigenvalue weighted by Crippen LogP contribution is -2.18. The summed E-state index contributed by atoms with van der Waals surface area (Å²) in [6, 6.07) is 23.7. The summed E-state index contributed by atoms with van der Waals surface area (Å²) in [4.78, 5) is 23.8. The van der Waals surface area contributed by atoms with Gasteiger partial charge in [-0.05, 0) is 48.4 Å². The van der Waals surface area contributed by atoms with Gasteiger partial charge in [0.2, 0.25) is 0 Å². The maximum atomic E-state index is 12.0. The van der Waals surface area contributed by atoms with Crippen LogP contribution in [0.15, 0.2) is 78.9 Å². The summed E-state index contributed by atoms with van der Waals surface area (Å²) in [5.74, 6) is -0.196. The van der Waals surface area contributed by atoms with Crippen LogP contribution in [0.1, 0.15) is 17.3 Å². The summed E-state index contributed by atoms with van der Waals surface area (Å²) >= 11 is 0. The molecule has 0 atom stereocenters. The first-order valence-corrected chi connectivity index (χ1v) is 8.92. The Balaban J connectivity index is 1.54. The van der Waals surface area contributed by atoms with Crippen LogP contribution in [0.2, 0.25) is 0 Å². The van der Waals surface area contributed by atoms with Crippen LogP contribution in [-0.4, -0.2) is 25.2 Å². The molecule has 0 bridgehead atoms. The molecule has 0 saturated carbocycles. The third-order valence-electron chi connectivity index (χ3n) is 3.89. The fourth-order valence-electron chi connectivity index (χ4n) is 2.58. The molecule has 0 amide bonds. The molecule has 0 aromatic heterocycles. The smallest absolute Gasteiger partial charge is 0.349 e. The minimum Gasteiger partial charge on any atom is -0.482 e. The first-order chi connectivity index (χ1) is 13.7. The molecule has 5 heteroatoms. The van der Waals surface area contributed by atoms with Gasteiger partial charge in [0.05, 0.1) is 12.2 Å². The van der Waals surface area contributed by atoms with Gasteiger partial charge >= 0.3 is 11.9 Å². The Labute approximate surface area is 163 Å². The molecule has 0 spiro atoms. The first kappa shape index (κ1) is 19.2. The topological polar surface area (TPSA) is 61.8 Å². The molecule has 0 aliphatic heterocycles. The highest BCUT2D eigenvalue weighted by Crippen LogP contribution is 2.22. The van der Waals surface area contributed by atoms with E-state index in [0.29, 0.717) is 11.3 Å². The summed E-state index contributed by atoms with van der Waals surface area (Å²) in [6.45, 7) is 1.76. The Morgan fingerprint density at radius 2 is 1.50 bits per heavy atom. The standard InChI is InChI=1S/C23H20O5/c1-2-26-23(25)19-9-6-10-21(15-19)28-22(24)16-27-20-13-11-18(12-14-20)17-7-4-3-5-8-17/h3-15H,2,16H2,1H3. The predicted molar refractivity (Wildman–Crippen MR) is 105 cm³/mol. The lowest BCUT2D eigenvalue weighted by Gasteiger charge is -2.09. The third-order valence-corrected chi connectivity index (χ3v) is 3.89. The third kappa shape index (κ3) is 5.20. The molecule has 0 saturated heterocycles. The van der Waals surface area contributed by atoms with Gasteiger partial charge in [-0.1, -0.05) is 48.5 Å². The van der Waals surface area contributed by atoms with Crippen molar-refractivity contribution in [2.45, 2.75) is 6.92 Å². The van der Waals surface area contributed by atoms with Crippen molar-refractivity contribution in [2.75, 3.05) is 13.2 Å². The van der Waals surface area contributed by atoms with Crippen molar-refractivity contribution < 1.29 is 23.8 Å². The fraction of sp³-hybridized carbons (Fsp3) is 0.130. The molecule has 0 aliphatic carbocycles. The van der Waals surface area contributed by atoms with Crippen molar-refractivity contribution in [2.24, 2.45) is 0 Å². The first-order valence-electron chi connectivity index (χ1n) is 8.92. The quantitative estimate of drug-likeness (QED) is 0.448. The van der Waals surface area contributed by atoms with Gasteiger partial charge in [0.15, 0.2) is 6.61 Å². The second kappa shape index (κ2) is 9.37. The van der Waals surface area contributed by atoms with Crippen LogP contribution in [0.3, 0.4) is 0 Å². The molecule has 3 aromatic rings. The van der Waals surface area contributed by atoms with Crippen LogP contribution in [-0.2, 0) is 9.53 Å². The molecule has 0 N–H and O–H groups in total. The summed E-state index contributed by atoms with van der Waals surface area (Å²) < 4.78 is 15.6. The summed E-state index contributed by atoms with van der Waals surface area (Å²) in [5.41, 5.74) is 2.49. The summed E-state index contributed by atoms with van der Waals surface area (Å²) in [7, 11) is 0. The number of carbonyl (C=O) groups excluding carboxylic acids is 2. The number of hydrogen-bond acceptors (Lipinski definition) is 5. The van der Waals surface area contributed by atoms with E-state index < -0.39 is 11.9 Å². The Bertz CT molecular complexity index is 933. The van der Waals surface area contributed by atoms with Gasteiger partial charge in [-0.2, -0.15) is 0 Å². The monoisotopic (exact) mass is 376 g/mol. The van der Waals surface area contributed by atoms with Gasteiger partial charge in [0.1, 0.15) is 11.5 Å². The van der Waals surface area contributed by atoms with E-state index in [2.05, 4.69) is 0 Å². The maximum absolute atomic E-state index is 12.0. The van der Waals surface area contributed by atoms with Gasteiger partial charge in [-0.25, -0.2) is 9.59 Å². The van der Waals surface area contributed by atoms with E-state index in [1.54, 1.807) is 37.3 Å². The Morgan fingerprint density at radius 3 is 2.21 bits per heavy atom. The number of ether oxygens (including phenoxy) is 3. The van der Waals surface area contributed by atoms with E-state index in [0.717, 1.165) is 11.1 Å². The van der Waals surface area contributed by atoms with Gasteiger partial charge < -0.3 is 14.2 Å². The molecule has 5 nitrogen and oxygen atoms in total. The lowest BCUT2D eigenvalue weighted by atomic mass is 10.1. The van der Waals surface area contributed by atoms with Crippen LogP contribution in [0.5, 0.6) is 11.5 Å². The van der Waals surface area contributed by atoms with Gasteiger partial charge in [-0.15, -0.1) is 0 Å². The fourth-order valence-corrected chi connectivity index (χ4v) is 2.58. The molecule has 0 radical (unpaired) electrons. The normalized spacial score (nSPS) is 10.2. The molecule has 3 aromatic carbocycles. The van der Waals surface area contributed by atoms with Crippen molar-refractivity contribution in [3.63, 3.8) is 0 Å². The minimum atomic E-state index is -0.562. The minimum absolute atomic E-state index is 0.242. The zero-order valence-electron chi connectivity index (χ0n) is 15.5. The summed E-state index contributed by atoms with van der Waals surface area (Å²) in [6.07, 6.45) is 0. The van der Waals surface area contributed by atoms with Gasteiger partial charge in [0, 0.05) is 0 Å². The molecule has 3 rings (SSSR count). The van der Waals surface area contributed by atoms with Gasteiger partial charge in [0.25, 0.3) is 0 Å². The number of carbonyl (C=O) groups is 2. The van der Waals surface area contributed by atoms with Crippen LogP contribution in [0.4, 0.5) is 0 Å².